The summed E-state index contributed by atoms with van der Waals surface area (Å²) >= 11 is 0. The molecule has 6 heteroatoms. The molecule has 2 aromatic rings. The first-order valence-corrected chi connectivity index (χ1v) is 7.29. The molecule has 0 saturated carbocycles. The van der Waals surface area contributed by atoms with E-state index in [1.807, 2.05) is 24.3 Å². The second-order valence-corrected chi connectivity index (χ2v) is 5.22. The molecule has 0 bridgehead atoms. The molecule has 2 N–H and O–H groups in total. The summed E-state index contributed by atoms with van der Waals surface area (Å²) in [5.74, 6) is 0.105. The van der Waals surface area contributed by atoms with E-state index in [0.717, 1.165) is 5.56 Å². The summed E-state index contributed by atoms with van der Waals surface area (Å²) < 4.78 is 5.52. The Morgan fingerprint density at radius 3 is 2.48 bits per heavy atom. The molecule has 2 rings (SSSR count). The Morgan fingerprint density at radius 2 is 1.78 bits per heavy atom. The molecular formula is C17H19N3O3. The minimum atomic E-state index is -0.439. The molecule has 23 heavy (non-hydrogen) atoms. The second kappa shape index (κ2) is 7.93. The Balaban J connectivity index is 1.83. The summed E-state index contributed by atoms with van der Waals surface area (Å²) in [4.78, 5) is 27.4. The predicted octanol–water partition coefficient (Wildman–Crippen LogP) is 2.04. The number of hydrogen-bond donors (Lipinski definition) is 2. The molecule has 6 nitrogen and oxygen atoms in total. The number of para-hydroxylation sites is 1. The van der Waals surface area contributed by atoms with Crippen molar-refractivity contribution in [3.63, 3.8) is 0 Å². The van der Waals surface area contributed by atoms with Crippen molar-refractivity contribution in [2.75, 3.05) is 6.61 Å². The molecule has 120 valence electrons. The van der Waals surface area contributed by atoms with Crippen LogP contribution in [0.2, 0.25) is 0 Å². The van der Waals surface area contributed by atoms with Gasteiger partial charge < -0.3 is 4.74 Å². The maximum absolute atomic E-state index is 11.8. The molecule has 0 aliphatic rings. The lowest BCUT2D eigenvalue weighted by Gasteiger charge is -2.14. The number of nitrogens with one attached hydrogen (secondary N) is 2. The lowest BCUT2D eigenvalue weighted by molar-refractivity contribution is -0.123. The standard InChI is InChI=1S/C17H19N3O3/c1-12(2)14-5-3-4-6-15(14)23-11-16(21)19-20-17(22)13-7-9-18-10-8-13/h3-10,12H,11H2,1-2H3,(H,19,21)(H,20,22). The van der Waals surface area contributed by atoms with Gasteiger partial charge in [0, 0.05) is 18.0 Å². The molecule has 1 heterocycles. The first-order valence-electron chi connectivity index (χ1n) is 7.29. The predicted molar refractivity (Wildman–Crippen MR) is 85.9 cm³/mol. The minimum absolute atomic E-state index is 0.180. The fourth-order valence-electron chi connectivity index (χ4n) is 1.97. The van der Waals surface area contributed by atoms with Gasteiger partial charge in [-0.3, -0.25) is 25.4 Å². The third-order valence-electron chi connectivity index (χ3n) is 3.16. The van der Waals surface area contributed by atoms with Crippen LogP contribution in [0.15, 0.2) is 48.8 Å². The third-order valence-corrected chi connectivity index (χ3v) is 3.16. The van der Waals surface area contributed by atoms with E-state index in [2.05, 4.69) is 29.7 Å². The highest BCUT2D eigenvalue weighted by Gasteiger charge is 2.10. The average molecular weight is 313 g/mol. The summed E-state index contributed by atoms with van der Waals surface area (Å²) in [7, 11) is 0. The van der Waals surface area contributed by atoms with E-state index in [1.165, 1.54) is 12.4 Å². The molecule has 2 amide bonds. The quantitative estimate of drug-likeness (QED) is 0.828. The molecule has 0 atom stereocenters. The van der Waals surface area contributed by atoms with E-state index < -0.39 is 11.8 Å². The fraction of sp³-hybridized carbons (Fsp3) is 0.235. The molecule has 1 aromatic heterocycles. The number of aromatic nitrogens is 1. The van der Waals surface area contributed by atoms with E-state index in [0.29, 0.717) is 17.2 Å². The Bertz CT molecular complexity index is 672. The fourth-order valence-corrected chi connectivity index (χ4v) is 1.97. The van der Waals surface area contributed by atoms with E-state index >= 15 is 0 Å². The average Bonchev–Trinajstić information content (AvgIpc) is 2.58. The van der Waals surface area contributed by atoms with E-state index in [1.54, 1.807) is 12.1 Å². The summed E-state index contributed by atoms with van der Waals surface area (Å²) in [5, 5.41) is 0. The van der Waals surface area contributed by atoms with Gasteiger partial charge in [0.1, 0.15) is 5.75 Å². The zero-order valence-electron chi connectivity index (χ0n) is 13.1. The largest absolute Gasteiger partial charge is 0.483 e. The van der Waals surface area contributed by atoms with Crippen LogP contribution in [0.4, 0.5) is 0 Å². The molecule has 0 aliphatic carbocycles. The Kier molecular flexibility index (Phi) is 5.68. The first kappa shape index (κ1) is 16.5. The zero-order chi connectivity index (χ0) is 16.7. The van der Waals surface area contributed by atoms with Crippen LogP contribution in [0, 0.1) is 0 Å². The number of rotatable bonds is 5. The third kappa shape index (κ3) is 4.81. The molecule has 0 aliphatic heterocycles. The van der Waals surface area contributed by atoms with Gasteiger partial charge in [0.05, 0.1) is 0 Å². The Hall–Kier alpha value is -2.89. The van der Waals surface area contributed by atoms with E-state index in [4.69, 9.17) is 4.74 Å². The minimum Gasteiger partial charge on any atom is -0.483 e. The summed E-state index contributed by atoms with van der Waals surface area (Å²) in [6, 6.07) is 10.7. The topological polar surface area (TPSA) is 80.3 Å². The highest BCUT2D eigenvalue weighted by molar-refractivity contribution is 5.95. The van der Waals surface area contributed by atoms with Gasteiger partial charge in [0.2, 0.25) is 0 Å². The molecule has 0 unspecified atom stereocenters. The van der Waals surface area contributed by atoms with E-state index in [9.17, 15) is 9.59 Å². The van der Waals surface area contributed by atoms with Crippen molar-refractivity contribution in [3.05, 3.63) is 59.9 Å². The maximum atomic E-state index is 11.8. The monoisotopic (exact) mass is 313 g/mol. The normalized spacial score (nSPS) is 10.2. The molecule has 0 fully saturated rings. The Labute approximate surface area is 134 Å². The maximum Gasteiger partial charge on any atom is 0.276 e. The lowest BCUT2D eigenvalue weighted by Crippen LogP contribution is -2.43. The van der Waals surface area contributed by atoms with Crippen LogP contribution in [-0.4, -0.2) is 23.4 Å². The lowest BCUT2D eigenvalue weighted by atomic mass is 10.0. The van der Waals surface area contributed by atoms with Crippen LogP contribution in [0.25, 0.3) is 0 Å². The van der Waals surface area contributed by atoms with Crippen molar-refractivity contribution in [3.8, 4) is 5.75 Å². The van der Waals surface area contributed by atoms with Gasteiger partial charge >= 0.3 is 0 Å². The van der Waals surface area contributed by atoms with Crippen LogP contribution >= 0.6 is 0 Å². The summed E-state index contributed by atoms with van der Waals surface area (Å²) in [5.41, 5.74) is 6.08. The van der Waals surface area contributed by atoms with Gasteiger partial charge in [-0.2, -0.15) is 0 Å². The van der Waals surface area contributed by atoms with Crippen molar-refractivity contribution >= 4 is 11.8 Å². The number of hydrogen-bond acceptors (Lipinski definition) is 4. The van der Waals surface area contributed by atoms with Gasteiger partial charge in [-0.15, -0.1) is 0 Å². The number of carbonyl (C=O) groups excluding carboxylic acids is 2. The van der Waals surface area contributed by atoms with Crippen LogP contribution < -0.4 is 15.6 Å². The van der Waals surface area contributed by atoms with Crippen LogP contribution in [0.5, 0.6) is 5.75 Å². The van der Waals surface area contributed by atoms with Crippen molar-refractivity contribution in [1.29, 1.82) is 0 Å². The van der Waals surface area contributed by atoms with Gasteiger partial charge in [-0.1, -0.05) is 32.0 Å². The van der Waals surface area contributed by atoms with E-state index in [-0.39, 0.29) is 6.61 Å². The highest BCUT2D eigenvalue weighted by atomic mass is 16.5. The molecule has 0 spiro atoms. The summed E-state index contributed by atoms with van der Waals surface area (Å²) in [6.07, 6.45) is 3.01. The Morgan fingerprint density at radius 1 is 1.09 bits per heavy atom. The van der Waals surface area contributed by atoms with Crippen molar-refractivity contribution in [2.45, 2.75) is 19.8 Å². The van der Waals surface area contributed by atoms with Crippen molar-refractivity contribution < 1.29 is 14.3 Å². The zero-order valence-corrected chi connectivity index (χ0v) is 13.1. The number of ether oxygens (including phenoxy) is 1. The smallest absolute Gasteiger partial charge is 0.276 e. The van der Waals surface area contributed by atoms with Crippen molar-refractivity contribution in [2.24, 2.45) is 0 Å². The van der Waals surface area contributed by atoms with Gasteiger partial charge in [0.25, 0.3) is 11.8 Å². The molecule has 0 saturated heterocycles. The van der Waals surface area contributed by atoms with Gasteiger partial charge in [-0.25, -0.2) is 0 Å². The number of carbonyl (C=O) groups is 2. The molecule has 0 radical (unpaired) electrons. The van der Waals surface area contributed by atoms with Crippen LogP contribution in [-0.2, 0) is 4.79 Å². The van der Waals surface area contributed by atoms with Crippen molar-refractivity contribution in [1.82, 2.24) is 15.8 Å². The number of pyridine rings is 1. The summed E-state index contributed by atoms with van der Waals surface area (Å²) in [6.45, 7) is 3.93. The molecule has 1 aromatic carbocycles. The van der Waals surface area contributed by atoms with Crippen LogP contribution in [0.3, 0.4) is 0 Å². The highest BCUT2D eigenvalue weighted by Crippen LogP contribution is 2.25. The SMILES string of the molecule is CC(C)c1ccccc1OCC(=O)NNC(=O)c1ccncc1. The number of amides is 2. The van der Waals surface area contributed by atoms with Gasteiger partial charge in [-0.05, 0) is 29.7 Å². The number of nitrogens with zero attached hydrogens (tertiary/aromatic N) is 1. The first-order chi connectivity index (χ1) is 11.1. The molecular weight excluding hydrogens is 294 g/mol. The van der Waals surface area contributed by atoms with Crippen LogP contribution in [0.1, 0.15) is 35.7 Å². The number of hydrazine groups is 1. The number of benzene rings is 1. The van der Waals surface area contributed by atoms with Gasteiger partial charge in [0.15, 0.2) is 6.61 Å². The second-order valence-electron chi connectivity index (χ2n) is 5.22.